The van der Waals surface area contributed by atoms with Crippen LogP contribution in [0.2, 0.25) is 0 Å². The zero-order valence-electron chi connectivity index (χ0n) is 11.6. The van der Waals surface area contributed by atoms with Crippen molar-refractivity contribution in [2.24, 2.45) is 0 Å². The fourth-order valence-electron chi connectivity index (χ4n) is 1.94. The van der Waals surface area contributed by atoms with Crippen molar-refractivity contribution in [3.63, 3.8) is 0 Å². The van der Waals surface area contributed by atoms with Crippen molar-refractivity contribution in [3.05, 3.63) is 35.7 Å². The molecule has 0 unspecified atom stereocenters. The lowest BCUT2D eigenvalue weighted by molar-refractivity contribution is -0.124. The first-order valence-corrected chi connectivity index (χ1v) is 6.13. The van der Waals surface area contributed by atoms with E-state index in [1.54, 1.807) is 17.6 Å². The van der Waals surface area contributed by atoms with Gasteiger partial charge in [-0.1, -0.05) is 6.07 Å². The number of amides is 1. The quantitative estimate of drug-likeness (QED) is 0.639. The molecule has 2 N–H and O–H groups in total. The lowest BCUT2D eigenvalue weighted by Crippen LogP contribution is -2.42. The van der Waals surface area contributed by atoms with Crippen molar-refractivity contribution in [2.75, 3.05) is 0 Å². The normalized spacial score (nSPS) is 11.6. The molecule has 2 aromatic heterocycles. The molecule has 19 heavy (non-hydrogen) atoms. The predicted molar refractivity (Wildman–Crippen MR) is 74.5 cm³/mol. The number of aromatic nitrogens is 2. The van der Waals surface area contributed by atoms with E-state index in [0.29, 0.717) is 0 Å². The van der Waals surface area contributed by atoms with E-state index < -0.39 is 5.41 Å². The third-order valence-corrected chi connectivity index (χ3v) is 3.30. The molecule has 5 nitrogen and oxygen atoms in total. The third-order valence-electron chi connectivity index (χ3n) is 3.30. The van der Waals surface area contributed by atoms with Gasteiger partial charge in [0.2, 0.25) is 5.91 Å². The maximum atomic E-state index is 12.1. The van der Waals surface area contributed by atoms with Crippen LogP contribution in [-0.4, -0.2) is 21.4 Å². The molecule has 0 bridgehead atoms. The maximum absolute atomic E-state index is 12.1. The summed E-state index contributed by atoms with van der Waals surface area (Å²) in [7, 11) is 0. The summed E-state index contributed by atoms with van der Waals surface area (Å²) in [5, 5.41) is 14.2. The SMILES string of the molecule is CC(=N)NC(=O)C(C)(C)c1ccc2c(C)cnn2c1. The summed E-state index contributed by atoms with van der Waals surface area (Å²) < 4.78 is 1.77. The van der Waals surface area contributed by atoms with Crippen LogP contribution >= 0.6 is 0 Å². The van der Waals surface area contributed by atoms with Gasteiger partial charge in [-0.25, -0.2) is 4.52 Å². The molecule has 100 valence electrons. The molecule has 0 aromatic carbocycles. The molecule has 2 aromatic rings. The Morgan fingerprint density at radius 2 is 2.11 bits per heavy atom. The summed E-state index contributed by atoms with van der Waals surface area (Å²) in [5.74, 6) is -0.0442. The number of amidine groups is 1. The molecule has 2 rings (SSSR count). The Balaban J connectivity index is 2.42. The van der Waals surface area contributed by atoms with Crippen molar-refractivity contribution in [3.8, 4) is 0 Å². The van der Waals surface area contributed by atoms with Gasteiger partial charge in [0, 0.05) is 6.20 Å². The average molecular weight is 258 g/mol. The van der Waals surface area contributed by atoms with Crippen LogP contribution in [0, 0.1) is 12.3 Å². The first kappa shape index (κ1) is 13.3. The van der Waals surface area contributed by atoms with E-state index in [9.17, 15) is 4.79 Å². The Morgan fingerprint density at radius 3 is 2.74 bits per heavy atom. The standard InChI is InChI=1S/C14H18N4O/c1-9-7-16-18-8-11(5-6-12(9)18)14(3,4)13(19)17-10(2)15/h5-8H,1-4H3,(H2,15,17,19). The lowest BCUT2D eigenvalue weighted by Gasteiger charge is -2.23. The minimum Gasteiger partial charge on any atom is -0.314 e. The second-order valence-electron chi connectivity index (χ2n) is 5.28. The number of hydrogen-bond acceptors (Lipinski definition) is 3. The Hall–Kier alpha value is -2.17. The van der Waals surface area contributed by atoms with Gasteiger partial charge in [0.15, 0.2) is 0 Å². The van der Waals surface area contributed by atoms with E-state index in [4.69, 9.17) is 5.41 Å². The largest absolute Gasteiger partial charge is 0.314 e. The number of nitrogens with zero attached hydrogens (tertiary/aromatic N) is 2. The molecular formula is C14H18N4O. The predicted octanol–water partition coefficient (Wildman–Crippen LogP) is 2.03. The summed E-state index contributed by atoms with van der Waals surface area (Å²) in [5.41, 5.74) is 2.28. The number of nitrogens with one attached hydrogen (secondary N) is 2. The first-order valence-electron chi connectivity index (χ1n) is 6.13. The molecule has 0 spiro atoms. The van der Waals surface area contributed by atoms with Crippen molar-refractivity contribution in [1.82, 2.24) is 14.9 Å². The molecule has 0 atom stereocenters. The van der Waals surface area contributed by atoms with Gasteiger partial charge in [-0.15, -0.1) is 0 Å². The van der Waals surface area contributed by atoms with Gasteiger partial charge in [-0.2, -0.15) is 5.10 Å². The van der Waals surface area contributed by atoms with E-state index in [-0.39, 0.29) is 11.7 Å². The number of rotatable bonds is 2. The Morgan fingerprint density at radius 1 is 1.42 bits per heavy atom. The molecule has 1 amide bonds. The average Bonchev–Trinajstić information content (AvgIpc) is 2.70. The van der Waals surface area contributed by atoms with Gasteiger partial charge in [0.05, 0.1) is 23.0 Å². The molecule has 0 radical (unpaired) electrons. The molecule has 2 heterocycles. The summed E-state index contributed by atoms with van der Waals surface area (Å²) in [6, 6.07) is 3.90. The van der Waals surface area contributed by atoms with Gasteiger partial charge in [-0.3, -0.25) is 10.2 Å². The second kappa shape index (κ2) is 4.50. The summed E-state index contributed by atoms with van der Waals surface area (Å²) >= 11 is 0. The summed E-state index contributed by atoms with van der Waals surface area (Å²) in [6.07, 6.45) is 3.66. The van der Waals surface area contributed by atoms with Crippen molar-refractivity contribution in [2.45, 2.75) is 33.1 Å². The number of pyridine rings is 1. The second-order valence-corrected chi connectivity index (χ2v) is 5.28. The van der Waals surface area contributed by atoms with Crippen LogP contribution in [0.4, 0.5) is 0 Å². The van der Waals surface area contributed by atoms with Crippen LogP contribution in [0.3, 0.4) is 0 Å². The van der Waals surface area contributed by atoms with Crippen LogP contribution in [0.5, 0.6) is 0 Å². The minimum atomic E-state index is -0.712. The highest BCUT2D eigenvalue weighted by atomic mass is 16.2. The van der Waals surface area contributed by atoms with Crippen LogP contribution < -0.4 is 5.32 Å². The van der Waals surface area contributed by atoms with E-state index in [1.807, 2.05) is 39.1 Å². The number of carbonyl (C=O) groups excluding carboxylic acids is 1. The number of fused-ring (bicyclic) bond motifs is 1. The van der Waals surface area contributed by atoms with E-state index in [0.717, 1.165) is 16.6 Å². The van der Waals surface area contributed by atoms with Crippen molar-refractivity contribution < 1.29 is 4.79 Å². The highest BCUT2D eigenvalue weighted by Gasteiger charge is 2.30. The van der Waals surface area contributed by atoms with Gasteiger partial charge in [0.1, 0.15) is 0 Å². The van der Waals surface area contributed by atoms with Crippen LogP contribution in [0.25, 0.3) is 5.52 Å². The molecule has 0 saturated carbocycles. The maximum Gasteiger partial charge on any atom is 0.235 e. The molecule has 0 aliphatic heterocycles. The van der Waals surface area contributed by atoms with Crippen LogP contribution in [0.1, 0.15) is 31.9 Å². The van der Waals surface area contributed by atoms with E-state index in [2.05, 4.69) is 10.4 Å². The lowest BCUT2D eigenvalue weighted by atomic mass is 9.84. The van der Waals surface area contributed by atoms with Gasteiger partial charge in [0.25, 0.3) is 0 Å². The van der Waals surface area contributed by atoms with Gasteiger partial charge >= 0.3 is 0 Å². The summed E-state index contributed by atoms with van der Waals surface area (Å²) in [6.45, 7) is 7.22. The topological polar surface area (TPSA) is 70.2 Å². The minimum absolute atomic E-state index is 0.147. The zero-order chi connectivity index (χ0) is 14.2. The fourth-order valence-corrected chi connectivity index (χ4v) is 1.94. The molecule has 5 heteroatoms. The van der Waals surface area contributed by atoms with Crippen LogP contribution in [-0.2, 0) is 10.2 Å². The van der Waals surface area contributed by atoms with E-state index >= 15 is 0 Å². The monoisotopic (exact) mass is 258 g/mol. The molecule has 0 fully saturated rings. The number of aryl methyl sites for hydroxylation is 1. The third kappa shape index (κ3) is 2.36. The van der Waals surface area contributed by atoms with E-state index in [1.165, 1.54) is 0 Å². The van der Waals surface area contributed by atoms with Crippen molar-refractivity contribution in [1.29, 1.82) is 5.41 Å². The Labute approximate surface area is 112 Å². The number of carbonyl (C=O) groups is 1. The van der Waals surface area contributed by atoms with Gasteiger partial charge in [-0.05, 0) is 44.9 Å². The Bertz CT molecular complexity index is 655. The Kier molecular flexibility index (Phi) is 3.14. The summed E-state index contributed by atoms with van der Waals surface area (Å²) in [4.78, 5) is 12.1. The molecule has 0 aliphatic carbocycles. The molecule has 0 aliphatic rings. The molecule has 0 saturated heterocycles. The van der Waals surface area contributed by atoms with Gasteiger partial charge < -0.3 is 5.32 Å². The smallest absolute Gasteiger partial charge is 0.235 e. The fraction of sp³-hybridized carbons (Fsp3) is 0.357. The number of hydrogen-bond donors (Lipinski definition) is 2. The highest BCUT2D eigenvalue weighted by molar-refractivity contribution is 6.00. The van der Waals surface area contributed by atoms with Crippen LogP contribution in [0.15, 0.2) is 24.5 Å². The highest BCUT2D eigenvalue weighted by Crippen LogP contribution is 2.24. The first-order chi connectivity index (χ1) is 8.82. The molecular weight excluding hydrogens is 240 g/mol. The zero-order valence-corrected chi connectivity index (χ0v) is 11.6. The van der Waals surface area contributed by atoms with Crippen molar-refractivity contribution >= 4 is 17.3 Å².